The highest BCUT2D eigenvalue weighted by Crippen LogP contribution is 2.21. The second kappa shape index (κ2) is 6.87. The van der Waals surface area contributed by atoms with Crippen LogP contribution in [0.15, 0.2) is 70.3 Å². The van der Waals surface area contributed by atoms with Crippen LogP contribution in [0, 0.1) is 12.7 Å². The van der Waals surface area contributed by atoms with Crippen molar-refractivity contribution in [2.45, 2.75) is 6.92 Å². The first kappa shape index (κ1) is 16.7. The fraction of sp³-hybridized carbons (Fsp3) is 0.0500. The van der Waals surface area contributed by atoms with Crippen LogP contribution in [-0.4, -0.2) is 21.5 Å². The number of aryl methyl sites for hydroxylation is 1. The topological polar surface area (TPSA) is 71.9 Å². The second-order valence-electron chi connectivity index (χ2n) is 5.88. The Labute approximate surface area is 154 Å². The van der Waals surface area contributed by atoms with E-state index in [0.29, 0.717) is 28.6 Å². The highest BCUT2D eigenvalue weighted by molar-refractivity contribution is 5.95. The van der Waals surface area contributed by atoms with Crippen molar-refractivity contribution < 1.29 is 13.6 Å². The van der Waals surface area contributed by atoms with E-state index in [1.165, 1.54) is 18.3 Å². The molecule has 6 nitrogen and oxygen atoms in total. The summed E-state index contributed by atoms with van der Waals surface area (Å²) >= 11 is 0. The lowest BCUT2D eigenvalue weighted by Crippen LogP contribution is -2.20. The van der Waals surface area contributed by atoms with Gasteiger partial charge in [0, 0.05) is 11.8 Å². The monoisotopic (exact) mass is 362 g/mol. The third-order valence-corrected chi connectivity index (χ3v) is 4.03. The van der Waals surface area contributed by atoms with Gasteiger partial charge in [-0.05, 0) is 55.5 Å². The summed E-state index contributed by atoms with van der Waals surface area (Å²) in [5, 5.41) is 3.95. The van der Waals surface area contributed by atoms with Gasteiger partial charge in [-0.1, -0.05) is 6.07 Å². The van der Waals surface area contributed by atoms with Crippen molar-refractivity contribution in [3.63, 3.8) is 0 Å². The first-order valence-corrected chi connectivity index (χ1v) is 8.25. The van der Waals surface area contributed by atoms with Crippen molar-refractivity contribution in [3.05, 3.63) is 83.8 Å². The van der Waals surface area contributed by atoms with E-state index in [1.807, 2.05) is 18.2 Å². The number of furan rings is 1. The molecule has 134 valence electrons. The molecule has 0 unspecified atom stereocenters. The number of pyridine rings is 1. The Hall–Kier alpha value is -3.74. The number of halogens is 1. The van der Waals surface area contributed by atoms with Crippen LogP contribution >= 0.6 is 0 Å². The van der Waals surface area contributed by atoms with E-state index in [1.54, 1.807) is 41.8 Å². The maximum absolute atomic E-state index is 13.0. The average Bonchev–Trinajstić information content (AvgIpc) is 3.26. The van der Waals surface area contributed by atoms with Crippen LogP contribution in [0.5, 0.6) is 0 Å². The Morgan fingerprint density at radius 3 is 2.81 bits per heavy atom. The molecule has 0 aliphatic carbocycles. The van der Waals surface area contributed by atoms with Gasteiger partial charge in [0.05, 0.1) is 11.9 Å². The molecule has 0 saturated carbocycles. The average molecular weight is 362 g/mol. The second-order valence-corrected chi connectivity index (χ2v) is 5.88. The molecule has 1 N–H and O–H groups in total. The number of carbonyl (C=O) groups is 1. The zero-order valence-electron chi connectivity index (χ0n) is 14.4. The fourth-order valence-corrected chi connectivity index (χ4v) is 2.79. The van der Waals surface area contributed by atoms with E-state index in [2.05, 4.69) is 15.5 Å². The molecule has 4 aromatic rings. The van der Waals surface area contributed by atoms with Crippen molar-refractivity contribution in [1.29, 1.82) is 0 Å². The number of hydrazone groups is 1. The minimum absolute atomic E-state index is 0.308. The first-order valence-electron chi connectivity index (χ1n) is 8.25. The maximum Gasteiger partial charge on any atom is 0.290 e. The van der Waals surface area contributed by atoms with Crippen LogP contribution in [0.4, 0.5) is 4.39 Å². The van der Waals surface area contributed by atoms with Crippen molar-refractivity contribution in [2.24, 2.45) is 5.10 Å². The number of fused-ring (bicyclic) bond motifs is 1. The van der Waals surface area contributed by atoms with Gasteiger partial charge >= 0.3 is 0 Å². The molecular weight excluding hydrogens is 347 g/mol. The molecule has 7 heteroatoms. The third-order valence-electron chi connectivity index (χ3n) is 4.03. The van der Waals surface area contributed by atoms with Crippen molar-refractivity contribution in [1.82, 2.24) is 14.8 Å². The summed E-state index contributed by atoms with van der Waals surface area (Å²) in [7, 11) is 0. The molecule has 0 atom stereocenters. The van der Waals surface area contributed by atoms with Gasteiger partial charge in [0.15, 0.2) is 0 Å². The summed E-state index contributed by atoms with van der Waals surface area (Å²) in [6.45, 7) is 1.77. The van der Waals surface area contributed by atoms with Crippen LogP contribution in [0.3, 0.4) is 0 Å². The minimum Gasteiger partial charge on any atom is -0.455 e. The Morgan fingerprint density at radius 2 is 2.00 bits per heavy atom. The smallest absolute Gasteiger partial charge is 0.290 e. The van der Waals surface area contributed by atoms with E-state index in [0.717, 1.165) is 5.56 Å². The number of rotatable bonds is 4. The Balaban J connectivity index is 1.48. The van der Waals surface area contributed by atoms with Gasteiger partial charge in [0.1, 0.15) is 28.7 Å². The summed E-state index contributed by atoms with van der Waals surface area (Å²) in [6, 6.07) is 15.0. The number of benzene rings is 1. The predicted octanol–water partition coefficient (Wildman–Crippen LogP) is 3.81. The van der Waals surface area contributed by atoms with Gasteiger partial charge in [0.25, 0.3) is 5.91 Å². The molecule has 0 spiro atoms. The molecule has 3 heterocycles. The zero-order chi connectivity index (χ0) is 18.8. The number of hydrogen-bond donors (Lipinski definition) is 1. The molecule has 4 rings (SSSR count). The van der Waals surface area contributed by atoms with Gasteiger partial charge < -0.3 is 4.42 Å². The quantitative estimate of drug-likeness (QED) is 0.443. The Bertz CT molecular complexity index is 1140. The maximum atomic E-state index is 13.0. The molecule has 0 aliphatic rings. The SMILES string of the molecule is Cc1nc2ccccn2c1C(=O)N/N=C/c1ccc(-c2ccc(F)cc2)o1. The fourth-order valence-electron chi connectivity index (χ4n) is 2.79. The minimum atomic E-state index is -0.368. The number of aromatic nitrogens is 2. The molecule has 0 bridgehead atoms. The Morgan fingerprint density at radius 1 is 1.19 bits per heavy atom. The van der Waals surface area contributed by atoms with Crippen LogP contribution in [0.1, 0.15) is 21.9 Å². The number of imidazole rings is 1. The van der Waals surface area contributed by atoms with E-state index >= 15 is 0 Å². The molecule has 1 amide bonds. The predicted molar refractivity (Wildman–Crippen MR) is 99.1 cm³/mol. The van der Waals surface area contributed by atoms with Gasteiger partial charge in [-0.3, -0.25) is 9.20 Å². The molecule has 1 aromatic carbocycles. The summed E-state index contributed by atoms with van der Waals surface area (Å²) in [6.07, 6.45) is 3.18. The molecule has 27 heavy (non-hydrogen) atoms. The summed E-state index contributed by atoms with van der Waals surface area (Å²) in [5.41, 5.74) is 4.97. The molecule has 3 aromatic heterocycles. The van der Waals surface area contributed by atoms with E-state index in [-0.39, 0.29) is 11.7 Å². The lowest BCUT2D eigenvalue weighted by Gasteiger charge is -2.01. The van der Waals surface area contributed by atoms with Crippen LogP contribution in [0.25, 0.3) is 17.0 Å². The van der Waals surface area contributed by atoms with Gasteiger partial charge in [0.2, 0.25) is 0 Å². The standard InChI is InChI=1S/C20H15FN4O2/c1-13-19(25-11-3-2-4-18(25)23-13)20(26)24-22-12-16-9-10-17(27-16)14-5-7-15(21)8-6-14/h2-12H,1H3,(H,24,26)/b22-12+. The van der Waals surface area contributed by atoms with E-state index in [4.69, 9.17) is 4.42 Å². The number of amides is 1. The molecule has 0 radical (unpaired) electrons. The highest BCUT2D eigenvalue weighted by Gasteiger charge is 2.15. The molecule has 0 aliphatic heterocycles. The van der Waals surface area contributed by atoms with E-state index in [9.17, 15) is 9.18 Å². The zero-order valence-corrected chi connectivity index (χ0v) is 14.4. The first-order chi connectivity index (χ1) is 13.1. The lowest BCUT2D eigenvalue weighted by molar-refractivity contribution is 0.0948. The normalized spacial score (nSPS) is 11.3. The van der Waals surface area contributed by atoms with E-state index < -0.39 is 0 Å². The number of nitrogens with one attached hydrogen (secondary N) is 1. The van der Waals surface area contributed by atoms with Gasteiger partial charge in [-0.2, -0.15) is 5.10 Å². The lowest BCUT2D eigenvalue weighted by atomic mass is 10.2. The van der Waals surface area contributed by atoms with Crippen LogP contribution in [-0.2, 0) is 0 Å². The molecule has 0 fully saturated rings. The summed E-state index contributed by atoms with van der Waals surface area (Å²) in [5.74, 6) is 0.371. The van der Waals surface area contributed by atoms with Crippen molar-refractivity contribution in [2.75, 3.05) is 0 Å². The number of carbonyl (C=O) groups excluding carboxylic acids is 1. The Kier molecular flexibility index (Phi) is 4.25. The molecule has 0 saturated heterocycles. The highest BCUT2D eigenvalue weighted by atomic mass is 19.1. The van der Waals surface area contributed by atoms with Gasteiger partial charge in [-0.25, -0.2) is 14.8 Å². The summed E-state index contributed by atoms with van der Waals surface area (Å²) < 4.78 is 20.3. The van der Waals surface area contributed by atoms with Crippen LogP contribution < -0.4 is 5.43 Å². The summed E-state index contributed by atoms with van der Waals surface area (Å²) in [4.78, 5) is 16.8. The number of nitrogens with zero attached hydrogens (tertiary/aromatic N) is 3. The van der Waals surface area contributed by atoms with Crippen molar-refractivity contribution >= 4 is 17.8 Å². The largest absolute Gasteiger partial charge is 0.455 e. The van der Waals surface area contributed by atoms with Crippen LogP contribution in [0.2, 0.25) is 0 Å². The van der Waals surface area contributed by atoms with Gasteiger partial charge in [-0.15, -0.1) is 0 Å². The molecular formula is C20H15FN4O2. The van der Waals surface area contributed by atoms with Crippen molar-refractivity contribution in [3.8, 4) is 11.3 Å². The third kappa shape index (κ3) is 3.35. The number of hydrogen-bond acceptors (Lipinski definition) is 4.